The molecule has 112 valence electrons. The molecule has 2 N–H and O–H groups in total. The first kappa shape index (κ1) is 15.3. The molecule has 1 aliphatic rings. The van der Waals surface area contributed by atoms with Crippen LogP contribution >= 0.6 is 0 Å². The first-order valence-electron chi connectivity index (χ1n) is 7.66. The fourth-order valence-corrected chi connectivity index (χ4v) is 2.50. The predicted molar refractivity (Wildman–Crippen MR) is 84.5 cm³/mol. The summed E-state index contributed by atoms with van der Waals surface area (Å²) in [6.07, 6.45) is 1.10. The Labute approximate surface area is 123 Å². The Kier molecular flexibility index (Phi) is 5.06. The molecule has 0 aliphatic carbocycles. The minimum Gasteiger partial charge on any atom is -0.493 e. The molecule has 2 rings (SSSR count). The van der Waals surface area contributed by atoms with Gasteiger partial charge < -0.3 is 15.4 Å². The van der Waals surface area contributed by atoms with E-state index in [1.54, 1.807) is 0 Å². The molecule has 0 amide bonds. The summed E-state index contributed by atoms with van der Waals surface area (Å²) in [7, 11) is 0. The Morgan fingerprint density at radius 2 is 2.05 bits per heavy atom. The van der Waals surface area contributed by atoms with Crippen molar-refractivity contribution >= 4 is 0 Å². The van der Waals surface area contributed by atoms with Gasteiger partial charge in [0.2, 0.25) is 0 Å². The van der Waals surface area contributed by atoms with Gasteiger partial charge in [-0.2, -0.15) is 0 Å². The first-order chi connectivity index (χ1) is 9.46. The maximum Gasteiger partial charge on any atom is 0.122 e. The quantitative estimate of drug-likeness (QED) is 0.867. The van der Waals surface area contributed by atoms with Crippen LogP contribution < -0.4 is 15.4 Å². The van der Waals surface area contributed by atoms with Gasteiger partial charge in [-0.15, -0.1) is 0 Å². The summed E-state index contributed by atoms with van der Waals surface area (Å²) in [6.45, 7) is 11.7. The average Bonchev–Trinajstić information content (AvgIpc) is 2.42. The van der Waals surface area contributed by atoms with Gasteiger partial charge in [0.25, 0.3) is 0 Å². The van der Waals surface area contributed by atoms with Crippen molar-refractivity contribution in [1.82, 2.24) is 10.6 Å². The van der Waals surface area contributed by atoms with Crippen LogP contribution in [-0.2, 0) is 0 Å². The van der Waals surface area contributed by atoms with Crippen LogP contribution in [0.1, 0.15) is 45.6 Å². The van der Waals surface area contributed by atoms with Crippen LogP contribution in [0.4, 0.5) is 0 Å². The molecule has 2 unspecified atom stereocenters. The second-order valence-corrected chi connectivity index (χ2v) is 6.81. The number of rotatable bonds is 5. The van der Waals surface area contributed by atoms with E-state index in [4.69, 9.17) is 4.74 Å². The summed E-state index contributed by atoms with van der Waals surface area (Å²) in [5.74, 6) is 1.63. The monoisotopic (exact) mass is 276 g/mol. The molecular weight excluding hydrogens is 248 g/mol. The van der Waals surface area contributed by atoms with E-state index in [-0.39, 0.29) is 5.54 Å². The van der Waals surface area contributed by atoms with E-state index in [0.717, 1.165) is 31.9 Å². The molecular formula is C17H28N2O. The van der Waals surface area contributed by atoms with Crippen molar-refractivity contribution in [2.75, 3.05) is 19.7 Å². The van der Waals surface area contributed by atoms with Crippen molar-refractivity contribution in [3.8, 4) is 5.75 Å². The lowest BCUT2D eigenvalue weighted by Gasteiger charge is -2.28. The SMILES string of the molecule is CC(CNC(C)(C)C)NCC1CCOc2ccccc21. The maximum atomic E-state index is 5.71. The number of hydrogen-bond donors (Lipinski definition) is 2. The summed E-state index contributed by atoms with van der Waals surface area (Å²) < 4.78 is 5.71. The number of benzene rings is 1. The van der Waals surface area contributed by atoms with Crippen LogP contribution in [0, 0.1) is 0 Å². The number of fused-ring (bicyclic) bond motifs is 1. The van der Waals surface area contributed by atoms with Gasteiger partial charge in [0.1, 0.15) is 5.75 Å². The first-order valence-corrected chi connectivity index (χ1v) is 7.66. The third kappa shape index (κ3) is 4.50. The number of ether oxygens (including phenoxy) is 1. The molecule has 3 nitrogen and oxygen atoms in total. The fraction of sp³-hybridized carbons (Fsp3) is 0.647. The van der Waals surface area contributed by atoms with Crippen LogP contribution in [-0.4, -0.2) is 31.3 Å². The third-order valence-corrected chi connectivity index (χ3v) is 3.73. The van der Waals surface area contributed by atoms with Crippen molar-refractivity contribution < 1.29 is 4.74 Å². The van der Waals surface area contributed by atoms with Gasteiger partial charge in [-0.3, -0.25) is 0 Å². The minimum absolute atomic E-state index is 0.182. The van der Waals surface area contributed by atoms with Crippen LogP contribution in [0.3, 0.4) is 0 Å². The van der Waals surface area contributed by atoms with Crippen molar-refractivity contribution in [2.24, 2.45) is 0 Å². The van der Waals surface area contributed by atoms with Crippen LogP contribution in [0.2, 0.25) is 0 Å². The number of nitrogens with one attached hydrogen (secondary N) is 2. The average molecular weight is 276 g/mol. The van der Waals surface area contributed by atoms with Crippen LogP contribution in [0.25, 0.3) is 0 Å². The van der Waals surface area contributed by atoms with E-state index in [9.17, 15) is 0 Å². The molecule has 1 aromatic carbocycles. The largest absolute Gasteiger partial charge is 0.493 e. The predicted octanol–water partition coefficient (Wildman–Crippen LogP) is 2.92. The second kappa shape index (κ2) is 6.59. The molecule has 1 heterocycles. The van der Waals surface area contributed by atoms with Crippen molar-refractivity contribution in [2.45, 2.75) is 51.6 Å². The highest BCUT2D eigenvalue weighted by Gasteiger charge is 2.21. The fourth-order valence-electron chi connectivity index (χ4n) is 2.50. The van der Waals surface area contributed by atoms with Gasteiger partial charge in [0, 0.05) is 30.6 Å². The Hall–Kier alpha value is -1.06. The zero-order chi connectivity index (χ0) is 14.6. The highest BCUT2D eigenvalue weighted by Crippen LogP contribution is 2.32. The Bertz CT molecular complexity index is 425. The van der Waals surface area contributed by atoms with E-state index >= 15 is 0 Å². The summed E-state index contributed by atoms with van der Waals surface area (Å²) in [5.41, 5.74) is 1.53. The normalized spacial score (nSPS) is 20.1. The smallest absolute Gasteiger partial charge is 0.122 e. The van der Waals surface area contributed by atoms with Gasteiger partial charge >= 0.3 is 0 Å². The zero-order valence-electron chi connectivity index (χ0n) is 13.2. The lowest BCUT2D eigenvalue weighted by Crippen LogP contribution is -2.45. The molecule has 0 aromatic heterocycles. The number of hydrogen-bond acceptors (Lipinski definition) is 3. The Morgan fingerprint density at radius 3 is 2.80 bits per heavy atom. The summed E-state index contributed by atoms with van der Waals surface area (Å²) in [4.78, 5) is 0. The molecule has 3 heteroatoms. The van der Waals surface area contributed by atoms with E-state index in [1.165, 1.54) is 5.56 Å². The van der Waals surface area contributed by atoms with Crippen molar-refractivity contribution in [1.29, 1.82) is 0 Å². The van der Waals surface area contributed by atoms with E-state index < -0.39 is 0 Å². The highest BCUT2D eigenvalue weighted by molar-refractivity contribution is 5.37. The molecule has 1 aromatic rings. The molecule has 20 heavy (non-hydrogen) atoms. The zero-order valence-corrected chi connectivity index (χ0v) is 13.2. The number of para-hydroxylation sites is 1. The third-order valence-electron chi connectivity index (χ3n) is 3.73. The van der Waals surface area contributed by atoms with Crippen LogP contribution in [0.5, 0.6) is 5.75 Å². The molecule has 0 saturated carbocycles. The van der Waals surface area contributed by atoms with Crippen molar-refractivity contribution in [3.05, 3.63) is 29.8 Å². The molecule has 0 fully saturated rings. The lowest BCUT2D eigenvalue weighted by molar-refractivity contribution is 0.261. The maximum absolute atomic E-state index is 5.71. The minimum atomic E-state index is 0.182. The standard InChI is InChI=1S/C17H28N2O/c1-13(11-19-17(2,3)4)18-12-14-9-10-20-16-8-6-5-7-15(14)16/h5-8,13-14,18-19H,9-12H2,1-4H3. The Balaban J connectivity index is 1.83. The lowest BCUT2D eigenvalue weighted by atomic mass is 9.93. The summed E-state index contributed by atoms with van der Waals surface area (Å²) in [6, 6.07) is 8.89. The highest BCUT2D eigenvalue weighted by atomic mass is 16.5. The summed E-state index contributed by atoms with van der Waals surface area (Å²) >= 11 is 0. The molecule has 0 spiro atoms. The van der Waals surface area contributed by atoms with E-state index in [2.05, 4.69) is 56.5 Å². The van der Waals surface area contributed by atoms with Gasteiger partial charge in [0.05, 0.1) is 6.61 Å². The van der Waals surface area contributed by atoms with Crippen molar-refractivity contribution in [3.63, 3.8) is 0 Å². The molecule has 0 bridgehead atoms. The van der Waals surface area contributed by atoms with E-state index in [1.807, 2.05) is 6.07 Å². The molecule has 1 aliphatic heterocycles. The van der Waals surface area contributed by atoms with Gasteiger partial charge in [-0.25, -0.2) is 0 Å². The van der Waals surface area contributed by atoms with Crippen LogP contribution in [0.15, 0.2) is 24.3 Å². The molecule has 2 atom stereocenters. The molecule has 0 saturated heterocycles. The molecule has 0 radical (unpaired) electrons. The van der Waals surface area contributed by atoms with E-state index in [0.29, 0.717) is 12.0 Å². The Morgan fingerprint density at radius 1 is 1.30 bits per heavy atom. The second-order valence-electron chi connectivity index (χ2n) is 6.81. The summed E-state index contributed by atoms with van der Waals surface area (Å²) in [5, 5.41) is 7.19. The van der Waals surface area contributed by atoms with Gasteiger partial charge in [-0.1, -0.05) is 18.2 Å². The topological polar surface area (TPSA) is 33.3 Å². The van der Waals surface area contributed by atoms with Gasteiger partial charge in [-0.05, 0) is 45.7 Å². The van der Waals surface area contributed by atoms with Gasteiger partial charge in [0.15, 0.2) is 0 Å².